The van der Waals surface area contributed by atoms with Crippen molar-refractivity contribution in [2.45, 2.75) is 0 Å². The average Bonchev–Trinajstić information content (AvgIpc) is 2.77. The average molecular weight is 439 g/mol. The number of amides is 2. The lowest BCUT2D eigenvalue weighted by Crippen LogP contribution is -2.20. The second-order valence-corrected chi connectivity index (χ2v) is 6.90. The number of anilines is 2. The minimum absolute atomic E-state index is 0.146. The highest BCUT2D eigenvalue weighted by molar-refractivity contribution is 6.31. The molecule has 2 amide bonds. The van der Waals surface area contributed by atoms with Crippen LogP contribution in [0.3, 0.4) is 0 Å². The van der Waals surface area contributed by atoms with E-state index in [1.807, 2.05) is 0 Å². The first-order valence-corrected chi connectivity index (χ1v) is 9.36. The highest BCUT2D eigenvalue weighted by atomic mass is 35.5. The number of rotatable bonds is 4. The van der Waals surface area contributed by atoms with Crippen molar-refractivity contribution < 1.29 is 18.4 Å². The Bertz CT molecular complexity index is 1330. The Balaban J connectivity index is 1.55. The molecular weight excluding hydrogens is 426 g/mol. The Labute approximate surface area is 179 Å². The van der Waals surface area contributed by atoms with E-state index in [0.717, 1.165) is 12.1 Å². The quantitative estimate of drug-likeness (QED) is 0.416. The maximum absolute atomic E-state index is 14.4. The number of hydrogen-bond donors (Lipinski definition) is 2. The van der Waals surface area contributed by atoms with Crippen LogP contribution >= 0.6 is 11.6 Å². The molecule has 0 saturated carbocycles. The number of aromatic nitrogens is 2. The molecule has 31 heavy (non-hydrogen) atoms. The van der Waals surface area contributed by atoms with E-state index in [-0.39, 0.29) is 27.5 Å². The molecule has 0 aliphatic rings. The van der Waals surface area contributed by atoms with Gasteiger partial charge in [-0.25, -0.2) is 13.6 Å². The van der Waals surface area contributed by atoms with Gasteiger partial charge in [-0.2, -0.15) is 0 Å². The van der Waals surface area contributed by atoms with Gasteiger partial charge in [-0.1, -0.05) is 11.6 Å². The summed E-state index contributed by atoms with van der Waals surface area (Å²) in [5, 5.41) is 4.83. The Morgan fingerprint density at radius 1 is 0.774 bits per heavy atom. The number of nitrogens with one attached hydrogen (secondary N) is 2. The third kappa shape index (κ3) is 4.49. The summed E-state index contributed by atoms with van der Waals surface area (Å²) in [6, 6.07) is 11.3. The van der Waals surface area contributed by atoms with Gasteiger partial charge in [0.25, 0.3) is 0 Å². The van der Waals surface area contributed by atoms with Crippen LogP contribution in [-0.2, 0) is 0 Å². The van der Waals surface area contributed by atoms with Crippen molar-refractivity contribution in [1.29, 1.82) is 0 Å². The summed E-state index contributed by atoms with van der Waals surface area (Å²) in [4.78, 5) is 33.3. The number of fused-ring (bicyclic) bond motifs is 1. The summed E-state index contributed by atoms with van der Waals surface area (Å²) >= 11 is 5.69. The fourth-order valence-corrected chi connectivity index (χ4v) is 3.08. The fourth-order valence-electron chi connectivity index (χ4n) is 2.90. The molecule has 9 heteroatoms. The molecule has 0 saturated heterocycles. The summed E-state index contributed by atoms with van der Waals surface area (Å²) in [5.41, 5.74) is 1.57. The number of benzene rings is 3. The lowest BCUT2D eigenvalue weighted by Gasteiger charge is -2.10. The van der Waals surface area contributed by atoms with Crippen LogP contribution < -0.4 is 10.6 Å². The minimum Gasteiger partial charge on any atom is -0.308 e. The highest BCUT2D eigenvalue weighted by Gasteiger charge is 2.16. The summed E-state index contributed by atoms with van der Waals surface area (Å²) in [6.07, 6.45) is 3.03. The van der Waals surface area contributed by atoms with Crippen LogP contribution in [0.5, 0.6) is 0 Å². The predicted octanol–water partition coefficient (Wildman–Crippen LogP) is 5.44. The fraction of sp³-hybridized carbons (Fsp3) is 0. The maximum atomic E-state index is 14.4. The first-order valence-electron chi connectivity index (χ1n) is 8.99. The molecule has 0 aliphatic carbocycles. The zero-order valence-corrected chi connectivity index (χ0v) is 16.5. The van der Waals surface area contributed by atoms with Crippen molar-refractivity contribution in [2.24, 2.45) is 0 Å². The van der Waals surface area contributed by atoms with Gasteiger partial charge in [-0.15, -0.1) is 0 Å². The monoisotopic (exact) mass is 438 g/mol. The number of nitrogens with zero attached hydrogens (tertiary/aromatic N) is 2. The standard InChI is InChI=1S/C22H13ClF2N4O2/c23-16-11-14(3-5-18(16)25)29-22(31)28-13-2-4-17(24)15(10-13)21(30)12-1-6-19-20(9-12)27-8-7-26-19/h1-11H,(H2,28,29,31). The number of urea groups is 1. The van der Waals surface area contributed by atoms with Gasteiger partial charge in [0.05, 0.1) is 21.6 Å². The van der Waals surface area contributed by atoms with E-state index in [1.165, 1.54) is 48.8 Å². The summed E-state index contributed by atoms with van der Waals surface area (Å²) in [6.45, 7) is 0. The normalized spacial score (nSPS) is 10.7. The van der Waals surface area contributed by atoms with Gasteiger partial charge < -0.3 is 10.6 Å². The van der Waals surface area contributed by atoms with E-state index < -0.39 is 23.4 Å². The molecule has 4 rings (SSSR count). The van der Waals surface area contributed by atoms with Crippen LogP contribution in [0.4, 0.5) is 25.0 Å². The van der Waals surface area contributed by atoms with E-state index in [9.17, 15) is 18.4 Å². The van der Waals surface area contributed by atoms with Gasteiger partial charge in [0.1, 0.15) is 11.6 Å². The van der Waals surface area contributed by atoms with Crippen LogP contribution in [0.2, 0.25) is 5.02 Å². The molecule has 2 N–H and O–H groups in total. The van der Waals surface area contributed by atoms with Crippen molar-refractivity contribution >= 4 is 45.8 Å². The SMILES string of the molecule is O=C(Nc1ccc(F)c(Cl)c1)Nc1ccc(F)c(C(=O)c2ccc3nccnc3c2)c1. The number of halogens is 3. The van der Waals surface area contributed by atoms with Gasteiger partial charge in [0, 0.05) is 29.3 Å². The molecule has 0 fully saturated rings. The van der Waals surface area contributed by atoms with Crippen LogP contribution in [0.15, 0.2) is 67.0 Å². The van der Waals surface area contributed by atoms with Crippen molar-refractivity contribution in [3.05, 3.63) is 94.8 Å². The van der Waals surface area contributed by atoms with Gasteiger partial charge in [-0.05, 0) is 54.6 Å². The van der Waals surface area contributed by atoms with E-state index in [4.69, 9.17) is 11.6 Å². The number of ketones is 1. The minimum atomic E-state index is -0.736. The molecule has 0 radical (unpaired) electrons. The Morgan fingerprint density at radius 2 is 1.42 bits per heavy atom. The summed E-state index contributed by atoms with van der Waals surface area (Å²) < 4.78 is 27.6. The van der Waals surface area contributed by atoms with Crippen molar-refractivity contribution in [1.82, 2.24) is 9.97 Å². The predicted molar refractivity (Wildman–Crippen MR) is 113 cm³/mol. The molecule has 4 aromatic rings. The topological polar surface area (TPSA) is 84.0 Å². The van der Waals surface area contributed by atoms with Crippen LogP contribution in [-0.4, -0.2) is 21.8 Å². The zero-order valence-electron chi connectivity index (χ0n) is 15.7. The van der Waals surface area contributed by atoms with Gasteiger partial charge in [0.15, 0.2) is 5.78 Å². The largest absolute Gasteiger partial charge is 0.323 e. The van der Waals surface area contributed by atoms with Crippen molar-refractivity contribution in [3.63, 3.8) is 0 Å². The second kappa shape index (κ2) is 8.45. The van der Waals surface area contributed by atoms with Crippen LogP contribution in [0.25, 0.3) is 11.0 Å². The Hall–Kier alpha value is -3.91. The number of carbonyl (C=O) groups excluding carboxylic acids is 2. The molecule has 0 unspecified atom stereocenters. The molecule has 0 atom stereocenters. The van der Waals surface area contributed by atoms with Gasteiger partial charge >= 0.3 is 6.03 Å². The molecular formula is C22H13ClF2N4O2. The van der Waals surface area contributed by atoms with E-state index >= 15 is 0 Å². The van der Waals surface area contributed by atoms with Gasteiger partial charge in [0.2, 0.25) is 0 Å². The van der Waals surface area contributed by atoms with E-state index in [1.54, 1.807) is 6.07 Å². The van der Waals surface area contributed by atoms with E-state index in [0.29, 0.717) is 11.0 Å². The molecule has 1 aromatic heterocycles. The van der Waals surface area contributed by atoms with Gasteiger partial charge in [-0.3, -0.25) is 14.8 Å². The van der Waals surface area contributed by atoms with Crippen LogP contribution in [0, 0.1) is 11.6 Å². The summed E-state index contributed by atoms with van der Waals surface area (Å²) in [5.74, 6) is -1.92. The third-order valence-corrected chi connectivity index (χ3v) is 4.67. The second-order valence-electron chi connectivity index (χ2n) is 6.49. The Kier molecular flexibility index (Phi) is 5.55. The molecule has 154 valence electrons. The molecule has 6 nitrogen and oxygen atoms in total. The lowest BCUT2D eigenvalue weighted by molar-refractivity contribution is 0.103. The number of carbonyl (C=O) groups is 2. The smallest absolute Gasteiger partial charge is 0.308 e. The lowest BCUT2D eigenvalue weighted by atomic mass is 10.0. The molecule has 0 spiro atoms. The maximum Gasteiger partial charge on any atom is 0.323 e. The molecule has 0 aliphatic heterocycles. The van der Waals surface area contributed by atoms with Crippen molar-refractivity contribution in [3.8, 4) is 0 Å². The Morgan fingerprint density at radius 3 is 2.13 bits per heavy atom. The zero-order chi connectivity index (χ0) is 22.0. The molecule has 0 bridgehead atoms. The molecule has 3 aromatic carbocycles. The third-order valence-electron chi connectivity index (χ3n) is 4.38. The van der Waals surface area contributed by atoms with Crippen LogP contribution in [0.1, 0.15) is 15.9 Å². The molecule has 1 heterocycles. The number of hydrogen-bond acceptors (Lipinski definition) is 4. The van der Waals surface area contributed by atoms with Crippen molar-refractivity contribution in [2.75, 3.05) is 10.6 Å². The highest BCUT2D eigenvalue weighted by Crippen LogP contribution is 2.22. The first-order chi connectivity index (χ1) is 14.9. The van der Waals surface area contributed by atoms with E-state index in [2.05, 4.69) is 20.6 Å². The first kappa shape index (κ1) is 20.4. The summed E-state index contributed by atoms with van der Waals surface area (Å²) in [7, 11) is 0.